The summed E-state index contributed by atoms with van der Waals surface area (Å²) in [5.41, 5.74) is 1.00. The Hall–Kier alpha value is -2.19. The molecule has 0 saturated heterocycles. The van der Waals surface area contributed by atoms with Gasteiger partial charge in [0.25, 0.3) is 0 Å². The Morgan fingerprint density at radius 2 is 1.81 bits per heavy atom. The molecule has 1 N–H and O–H groups in total. The van der Waals surface area contributed by atoms with Crippen LogP contribution in [-0.2, 0) is 25.8 Å². The van der Waals surface area contributed by atoms with Crippen LogP contribution in [0, 0.1) is 0 Å². The van der Waals surface area contributed by atoms with Crippen molar-refractivity contribution in [2.45, 2.75) is 37.3 Å². The van der Waals surface area contributed by atoms with Crippen molar-refractivity contribution in [3.05, 3.63) is 46.8 Å². The topological polar surface area (TPSA) is 89.5 Å². The summed E-state index contributed by atoms with van der Waals surface area (Å²) in [4.78, 5) is 24.3. The minimum Gasteiger partial charge on any atom is -0.462 e. The number of nitrogens with one attached hydrogen (secondary N) is 1. The van der Waals surface area contributed by atoms with E-state index in [1.165, 1.54) is 23.5 Å². The monoisotopic (exact) mass is 395 g/mol. The molecule has 0 saturated carbocycles. The van der Waals surface area contributed by atoms with E-state index in [1.807, 2.05) is 0 Å². The number of hydrogen-bond acceptors (Lipinski definition) is 6. The molecule has 1 aromatic heterocycles. The summed E-state index contributed by atoms with van der Waals surface area (Å²) in [6, 6.07) is 7.86. The molecular formula is C18H21NO5S2. The van der Waals surface area contributed by atoms with Crippen molar-refractivity contribution >= 4 is 38.1 Å². The molecule has 1 amide bonds. The van der Waals surface area contributed by atoms with Crippen molar-refractivity contribution in [1.82, 2.24) is 0 Å². The molecule has 0 radical (unpaired) electrons. The van der Waals surface area contributed by atoms with E-state index in [0.717, 1.165) is 0 Å². The zero-order valence-corrected chi connectivity index (χ0v) is 16.4. The zero-order chi connectivity index (χ0) is 19.3. The first-order valence-corrected chi connectivity index (χ1v) is 10.6. The highest BCUT2D eigenvalue weighted by molar-refractivity contribution is 7.92. The molecule has 0 aliphatic heterocycles. The summed E-state index contributed by atoms with van der Waals surface area (Å²) in [6.45, 7) is 5.22. The second-order valence-electron chi connectivity index (χ2n) is 5.85. The Morgan fingerprint density at radius 1 is 1.15 bits per heavy atom. The molecule has 8 heteroatoms. The highest BCUT2D eigenvalue weighted by Crippen LogP contribution is 2.24. The maximum atomic E-state index is 12.2. The number of benzene rings is 1. The molecule has 26 heavy (non-hydrogen) atoms. The SMILES string of the molecule is CCOC(=O)c1ccsc1NC(=O)Cc1ccc(S(=O)(=O)C(C)C)cc1. The Labute approximate surface area is 157 Å². The molecule has 0 aliphatic carbocycles. The highest BCUT2D eigenvalue weighted by Gasteiger charge is 2.19. The standard InChI is InChI=1S/C18H21NO5S2/c1-4-24-18(21)15-9-10-25-17(15)19-16(20)11-13-5-7-14(8-6-13)26(22,23)12(2)3/h5-10,12H,4,11H2,1-3H3,(H,19,20). The number of sulfone groups is 1. The first kappa shape index (κ1) is 20.1. The molecule has 2 rings (SSSR count). The van der Waals surface area contributed by atoms with Gasteiger partial charge in [-0.2, -0.15) is 0 Å². The number of thiophene rings is 1. The number of amides is 1. The van der Waals surface area contributed by atoms with Gasteiger partial charge in [0.1, 0.15) is 5.00 Å². The van der Waals surface area contributed by atoms with Crippen LogP contribution in [0.5, 0.6) is 0 Å². The number of esters is 1. The van der Waals surface area contributed by atoms with Crippen LogP contribution in [0.4, 0.5) is 5.00 Å². The predicted molar refractivity (Wildman–Crippen MR) is 101 cm³/mol. The molecule has 0 spiro atoms. The Kier molecular flexibility index (Phi) is 6.55. The Balaban J connectivity index is 2.05. The number of ether oxygens (including phenoxy) is 1. The first-order chi connectivity index (χ1) is 12.3. The molecule has 0 fully saturated rings. The summed E-state index contributed by atoms with van der Waals surface area (Å²) in [5.74, 6) is -0.773. The van der Waals surface area contributed by atoms with Gasteiger partial charge in [0.2, 0.25) is 5.91 Å². The Morgan fingerprint density at radius 3 is 2.38 bits per heavy atom. The van der Waals surface area contributed by atoms with Gasteiger partial charge in [-0.1, -0.05) is 12.1 Å². The summed E-state index contributed by atoms with van der Waals surface area (Å²) >= 11 is 1.24. The fourth-order valence-electron chi connectivity index (χ4n) is 2.20. The molecule has 0 aliphatic rings. The van der Waals surface area contributed by atoms with Gasteiger partial charge in [0.15, 0.2) is 9.84 Å². The van der Waals surface area contributed by atoms with Crippen LogP contribution in [0.25, 0.3) is 0 Å². The van der Waals surface area contributed by atoms with Crippen molar-refractivity contribution in [3.63, 3.8) is 0 Å². The molecule has 2 aromatic rings. The number of carbonyl (C=O) groups excluding carboxylic acids is 2. The first-order valence-electron chi connectivity index (χ1n) is 8.13. The number of anilines is 1. The average Bonchev–Trinajstić information content (AvgIpc) is 3.03. The fraction of sp³-hybridized carbons (Fsp3) is 0.333. The van der Waals surface area contributed by atoms with Crippen LogP contribution in [0.2, 0.25) is 0 Å². The Bertz CT molecular complexity index is 883. The van der Waals surface area contributed by atoms with Crippen molar-refractivity contribution < 1.29 is 22.7 Å². The van der Waals surface area contributed by atoms with Gasteiger partial charge in [0.05, 0.1) is 28.7 Å². The molecule has 0 unspecified atom stereocenters. The summed E-state index contributed by atoms with van der Waals surface area (Å²) in [6.07, 6.45) is 0.0716. The van der Waals surface area contributed by atoms with Crippen LogP contribution in [0.3, 0.4) is 0 Å². The van der Waals surface area contributed by atoms with Crippen molar-refractivity contribution in [1.29, 1.82) is 0 Å². The molecule has 0 bridgehead atoms. The number of rotatable bonds is 7. The predicted octanol–water partition coefficient (Wildman–Crippen LogP) is 3.29. The zero-order valence-electron chi connectivity index (χ0n) is 14.8. The van der Waals surface area contributed by atoms with E-state index in [9.17, 15) is 18.0 Å². The van der Waals surface area contributed by atoms with E-state index in [4.69, 9.17) is 4.74 Å². The largest absolute Gasteiger partial charge is 0.462 e. The lowest BCUT2D eigenvalue weighted by atomic mass is 10.1. The van der Waals surface area contributed by atoms with E-state index in [1.54, 1.807) is 44.4 Å². The number of carbonyl (C=O) groups is 2. The maximum Gasteiger partial charge on any atom is 0.341 e. The van der Waals surface area contributed by atoms with Crippen molar-refractivity contribution in [2.75, 3.05) is 11.9 Å². The van der Waals surface area contributed by atoms with Crippen molar-refractivity contribution in [3.8, 4) is 0 Å². The van der Waals surface area contributed by atoms with Gasteiger partial charge in [-0.15, -0.1) is 11.3 Å². The summed E-state index contributed by atoms with van der Waals surface area (Å²) in [5, 5.41) is 4.34. The second-order valence-corrected chi connectivity index (χ2v) is 9.27. The van der Waals surface area contributed by atoms with Gasteiger partial charge in [-0.05, 0) is 49.9 Å². The minimum absolute atomic E-state index is 0.0716. The molecule has 1 aromatic carbocycles. The third kappa shape index (κ3) is 4.70. The van der Waals surface area contributed by atoms with E-state index >= 15 is 0 Å². The van der Waals surface area contributed by atoms with Gasteiger partial charge in [-0.25, -0.2) is 13.2 Å². The second kappa shape index (κ2) is 8.46. The van der Waals surface area contributed by atoms with E-state index in [0.29, 0.717) is 16.1 Å². The highest BCUT2D eigenvalue weighted by atomic mass is 32.2. The van der Waals surface area contributed by atoms with E-state index in [2.05, 4.69) is 5.32 Å². The van der Waals surface area contributed by atoms with E-state index in [-0.39, 0.29) is 23.8 Å². The smallest absolute Gasteiger partial charge is 0.341 e. The van der Waals surface area contributed by atoms with Crippen LogP contribution in [0.1, 0.15) is 36.7 Å². The van der Waals surface area contributed by atoms with Crippen LogP contribution in [-0.4, -0.2) is 32.2 Å². The molecule has 1 heterocycles. The van der Waals surface area contributed by atoms with Crippen LogP contribution in [0.15, 0.2) is 40.6 Å². The quantitative estimate of drug-likeness (QED) is 0.727. The molecule has 6 nitrogen and oxygen atoms in total. The lowest BCUT2D eigenvalue weighted by Gasteiger charge is -2.09. The maximum absolute atomic E-state index is 12.2. The van der Waals surface area contributed by atoms with Gasteiger partial charge < -0.3 is 10.1 Å². The lowest BCUT2D eigenvalue weighted by Crippen LogP contribution is -2.16. The summed E-state index contributed by atoms with van der Waals surface area (Å²) < 4.78 is 29.2. The molecule has 140 valence electrons. The molecule has 0 atom stereocenters. The van der Waals surface area contributed by atoms with Gasteiger partial charge in [-0.3, -0.25) is 4.79 Å². The van der Waals surface area contributed by atoms with Gasteiger partial charge in [0, 0.05) is 0 Å². The van der Waals surface area contributed by atoms with Gasteiger partial charge >= 0.3 is 5.97 Å². The normalized spacial score (nSPS) is 11.4. The van der Waals surface area contributed by atoms with Crippen LogP contribution < -0.4 is 5.32 Å². The number of hydrogen-bond donors (Lipinski definition) is 1. The third-order valence-corrected chi connectivity index (χ3v) is 6.65. The van der Waals surface area contributed by atoms with E-state index < -0.39 is 21.1 Å². The minimum atomic E-state index is -3.33. The summed E-state index contributed by atoms with van der Waals surface area (Å²) in [7, 11) is -3.33. The third-order valence-electron chi connectivity index (χ3n) is 3.65. The lowest BCUT2D eigenvalue weighted by molar-refractivity contribution is -0.115. The molecular weight excluding hydrogens is 374 g/mol. The van der Waals surface area contributed by atoms with Crippen LogP contribution >= 0.6 is 11.3 Å². The van der Waals surface area contributed by atoms with Crippen molar-refractivity contribution in [2.24, 2.45) is 0 Å². The average molecular weight is 396 g/mol. The fourth-order valence-corrected chi connectivity index (χ4v) is 4.05.